The van der Waals surface area contributed by atoms with Crippen LogP contribution in [0.1, 0.15) is 12.8 Å². The van der Waals surface area contributed by atoms with E-state index in [1.165, 1.54) is 11.8 Å². The largest absolute Gasteiger partial charge is 0.492 e. The normalized spacial score (nSPS) is 16.4. The third kappa shape index (κ3) is 6.18. The number of ether oxygens (including phenoxy) is 2. The Morgan fingerprint density at radius 1 is 1.44 bits per heavy atom. The van der Waals surface area contributed by atoms with Crippen molar-refractivity contribution >= 4 is 33.6 Å². The molecule has 1 fully saturated rings. The summed E-state index contributed by atoms with van der Waals surface area (Å²) in [6.07, 6.45) is 2.24. The van der Waals surface area contributed by atoms with E-state index in [1.807, 2.05) is 24.3 Å². The number of benzene rings is 1. The van der Waals surface area contributed by atoms with E-state index in [1.54, 1.807) is 16.6 Å². The van der Waals surface area contributed by atoms with E-state index in [9.17, 15) is 4.79 Å². The molecule has 27 heavy (non-hydrogen) atoms. The second kappa shape index (κ2) is 10.0. The summed E-state index contributed by atoms with van der Waals surface area (Å²) in [6.45, 7) is 2.36. The molecular weight excluding hydrogens is 434 g/mol. The Balaban J connectivity index is 1.39. The number of thioether (sulfide) groups is 1. The molecule has 0 radical (unpaired) electrons. The highest BCUT2D eigenvalue weighted by atomic mass is 79.9. The van der Waals surface area contributed by atoms with Crippen molar-refractivity contribution in [2.24, 2.45) is 0 Å². The quantitative estimate of drug-likeness (QED) is 0.536. The van der Waals surface area contributed by atoms with Crippen LogP contribution < -0.4 is 4.74 Å². The number of likely N-dealkylation sites (N-methyl/N-ethyl adjacent to an activating group) is 1. The number of aromatic nitrogens is 4. The van der Waals surface area contributed by atoms with Crippen molar-refractivity contribution in [3.8, 4) is 5.75 Å². The summed E-state index contributed by atoms with van der Waals surface area (Å²) in [5.74, 6) is 1.06. The van der Waals surface area contributed by atoms with Crippen molar-refractivity contribution in [2.45, 2.75) is 30.6 Å². The van der Waals surface area contributed by atoms with Gasteiger partial charge in [0.05, 0.1) is 24.9 Å². The number of hydrogen-bond acceptors (Lipinski definition) is 7. The van der Waals surface area contributed by atoms with Crippen LogP contribution >= 0.6 is 27.7 Å². The number of rotatable bonds is 9. The highest BCUT2D eigenvalue weighted by Crippen LogP contribution is 2.19. The highest BCUT2D eigenvalue weighted by molar-refractivity contribution is 9.10. The minimum atomic E-state index is 0.00562. The Bertz CT molecular complexity index is 736. The molecule has 8 nitrogen and oxygen atoms in total. The molecule has 0 N–H and O–H groups in total. The highest BCUT2D eigenvalue weighted by Gasteiger charge is 2.19. The van der Waals surface area contributed by atoms with Crippen LogP contribution in [0.2, 0.25) is 0 Å². The smallest absolute Gasteiger partial charge is 0.232 e. The number of nitrogens with zero attached hydrogens (tertiary/aromatic N) is 5. The van der Waals surface area contributed by atoms with E-state index in [2.05, 4.69) is 31.5 Å². The van der Waals surface area contributed by atoms with E-state index >= 15 is 0 Å². The van der Waals surface area contributed by atoms with Crippen LogP contribution in [0, 0.1) is 0 Å². The number of halogens is 1. The summed E-state index contributed by atoms with van der Waals surface area (Å²) in [7, 11) is 1.77. The Kier molecular flexibility index (Phi) is 7.48. The van der Waals surface area contributed by atoms with Crippen LogP contribution in [0.5, 0.6) is 5.75 Å². The van der Waals surface area contributed by atoms with Gasteiger partial charge in [-0.15, -0.1) is 5.10 Å². The molecule has 1 aliphatic rings. The fraction of sp³-hybridized carbons (Fsp3) is 0.529. The zero-order chi connectivity index (χ0) is 19.1. The van der Waals surface area contributed by atoms with Crippen LogP contribution in [0.15, 0.2) is 33.9 Å². The summed E-state index contributed by atoms with van der Waals surface area (Å²) in [6, 6.07) is 7.61. The lowest BCUT2D eigenvalue weighted by molar-refractivity contribution is -0.127. The monoisotopic (exact) mass is 455 g/mol. The standard InChI is InChI=1S/C17H22BrN5O3S/c1-22(8-10-26-14-6-4-13(18)5-7-14)16(24)12-27-17-19-20-21-23(17)11-15-3-2-9-25-15/h4-7,15H,2-3,8-12H2,1H3. The number of hydrogen-bond donors (Lipinski definition) is 0. The first kappa shape index (κ1) is 20.1. The summed E-state index contributed by atoms with van der Waals surface area (Å²) < 4.78 is 14.0. The summed E-state index contributed by atoms with van der Waals surface area (Å²) in [5, 5.41) is 12.4. The van der Waals surface area contributed by atoms with Crippen molar-refractivity contribution in [1.82, 2.24) is 25.1 Å². The molecule has 1 aromatic carbocycles. The van der Waals surface area contributed by atoms with Crippen molar-refractivity contribution in [1.29, 1.82) is 0 Å². The molecule has 0 saturated carbocycles. The van der Waals surface area contributed by atoms with Gasteiger partial charge in [-0.05, 0) is 47.5 Å². The van der Waals surface area contributed by atoms with Gasteiger partial charge in [0.15, 0.2) is 0 Å². The molecule has 1 unspecified atom stereocenters. The molecule has 1 saturated heterocycles. The average molecular weight is 456 g/mol. The molecule has 3 rings (SSSR count). The summed E-state index contributed by atoms with van der Waals surface area (Å²) in [4.78, 5) is 14.0. The van der Waals surface area contributed by atoms with E-state index < -0.39 is 0 Å². The number of amides is 1. The first-order valence-electron chi connectivity index (χ1n) is 8.74. The third-order valence-electron chi connectivity index (χ3n) is 4.16. The minimum absolute atomic E-state index is 0.00562. The molecule has 10 heteroatoms. The van der Waals surface area contributed by atoms with Gasteiger partial charge >= 0.3 is 0 Å². The van der Waals surface area contributed by atoms with Gasteiger partial charge in [0, 0.05) is 18.1 Å². The van der Waals surface area contributed by atoms with Gasteiger partial charge in [0.2, 0.25) is 11.1 Å². The number of carbonyl (C=O) groups excluding carboxylic acids is 1. The van der Waals surface area contributed by atoms with Gasteiger partial charge in [0.25, 0.3) is 0 Å². The van der Waals surface area contributed by atoms with Crippen molar-refractivity contribution < 1.29 is 14.3 Å². The molecule has 0 aliphatic carbocycles. The third-order valence-corrected chi connectivity index (χ3v) is 5.63. The van der Waals surface area contributed by atoms with Crippen molar-refractivity contribution in [3.63, 3.8) is 0 Å². The first-order valence-corrected chi connectivity index (χ1v) is 10.5. The molecular formula is C17H22BrN5O3S. The molecule has 1 atom stereocenters. The first-order chi connectivity index (χ1) is 13.1. The van der Waals surface area contributed by atoms with Gasteiger partial charge in [-0.25, -0.2) is 4.68 Å². The van der Waals surface area contributed by atoms with Crippen LogP contribution in [-0.2, 0) is 16.1 Å². The van der Waals surface area contributed by atoms with Gasteiger partial charge in [-0.3, -0.25) is 4.79 Å². The predicted octanol–water partition coefficient (Wildman–Crippen LogP) is 2.24. The van der Waals surface area contributed by atoms with Gasteiger partial charge in [-0.2, -0.15) is 0 Å². The molecule has 0 bridgehead atoms. The Labute approximate surface area is 170 Å². The predicted molar refractivity (Wildman–Crippen MR) is 105 cm³/mol. The second-order valence-corrected chi connectivity index (χ2v) is 8.04. The molecule has 0 spiro atoms. The zero-order valence-electron chi connectivity index (χ0n) is 15.1. The fourth-order valence-corrected chi connectivity index (χ4v) is 3.68. The van der Waals surface area contributed by atoms with Gasteiger partial charge < -0.3 is 14.4 Å². The van der Waals surface area contributed by atoms with Crippen LogP contribution in [0.3, 0.4) is 0 Å². The van der Waals surface area contributed by atoms with E-state index in [4.69, 9.17) is 9.47 Å². The number of tetrazole rings is 1. The maximum Gasteiger partial charge on any atom is 0.232 e. The molecule has 2 heterocycles. The summed E-state index contributed by atoms with van der Waals surface area (Å²) in [5.41, 5.74) is 0. The van der Waals surface area contributed by atoms with Gasteiger partial charge in [0.1, 0.15) is 12.4 Å². The maximum atomic E-state index is 12.3. The number of carbonyl (C=O) groups is 1. The van der Waals surface area contributed by atoms with Crippen LogP contribution in [0.4, 0.5) is 0 Å². The van der Waals surface area contributed by atoms with E-state index in [0.29, 0.717) is 24.9 Å². The molecule has 146 valence electrons. The second-order valence-electron chi connectivity index (χ2n) is 6.18. The van der Waals surface area contributed by atoms with Crippen LogP contribution in [0.25, 0.3) is 0 Å². The van der Waals surface area contributed by atoms with Crippen molar-refractivity contribution in [3.05, 3.63) is 28.7 Å². The Morgan fingerprint density at radius 3 is 3.00 bits per heavy atom. The topological polar surface area (TPSA) is 82.4 Å². The van der Waals surface area contributed by atoms with E-state index in [-0.39, 0.29) is 17.8 Å². The lowest BCUT2D eigenvalue weighted by Crippen LogP contribution is -2.32. The molecule has 1 amide bonds. The van der Waals surface area contributed by atoms with Crippen LogP contribution in [-0.4, -0.2) is 69.7 Å². The molecule has 2 aromatic rings. The maximum absolute atomic E-state index is 12.3. The SMILES string of the molecule is CN(CCOc1ccc(Br)cc1)C(=O)CSc1nnnn1CC1CCCO1. The van der Waals surface area contributed by atoms with Gasteiger partial charge in [-0.1, -0.05) is 27.7 Å². The average Bonchev–Trinajstić information content (AvgIpc) is 3.33. The van der Waals surface area contributed by atoms with E-state index in [0.717, 1.165) is 29.7 Å². The molecule has 1 aromatic heterocycles. The lowest BCUT2D eigenvalue weighted by Gasteiger charge is -2.17. The Morgan fingerprint density at radius 2 is 2.26 bits per heavy atom. The zero-order valence-corrected chi connectivity index (χ0v) is 17.5. The fourth-order valence-electron chi connectivity index (χ4n) is 2.59. The Hall–Kier alpha value is -1.65. The summed E-state index contributed by atoms with van der Waals surface area (Å²) >= 11 is 4.72. The minimum Gasteiger partial charge on any atom is -0.492 e. The van der Waals surface area contributed by atoms with Crippen molar-refractivity contribution in [2.75, 3.05) is 32.6 Å². The molecule has 1 aliphatic heterocycles. The lowest BCUT2D eigenvalue weighted by atomic mass is 10.2.